The van der Waals surface area contributed by atoms with Crippen molar-refractivity contribution in [3.63, 3.8) is 0 Å². The molecule has 0 aliphatic carbocycles. The van der Waals surface area contributed by atoms with Gasteiger partial charge in [-0.25, -0.2) is 0 Å². The summed E-state index contributed by atoms with van der Waals surface area (Å²) < 4.78 is 0. The molecule has 1 rings (SSSR count). The van der Waals surface area contributed by atoms with E-state index in [0.29, 0.717) is 18.1 Å². The summed E-state index contributed by atoms with van der Waals surface area (Å²) in [4.78, 5) is 12.4. The van der Waals surface area contributed by atoms with Gasteiger partial charge in [-0.05, 0) is 17.9 Å². The second-order valence-electron chi connectivity index (χ2n) is 6.74. The van der Waals surface area contributed by atoms with E-state index in [9.17, 15) is 4.79 Å². The Morgan fingerprint density at radius 3 is 2.00 bits per heavy atom. The molecule has 0 atom stereocenters. The summed E-state index contributed by atoms with van der Waals surface area (Å²) in [6.45, 7) is 6.57. The molecule has 1 heteroatoms. The van der Waals surface area contributed by atoms with Gasteiger partial charge in [-0.2, -0.15) is 0 Å². The number of Topliss-reactive ketones (excluding diaryl/α,β-unsaturated/α-hetero) is 1. The number of carbonyl (C=O) groups is 1. The number of hydrogen-bond acceptors (Lipinski definition) is 1. The van der Waals surface area contributed by atoms with E-state index in [4.69, 9.17) is 0 Å². The average Bonchev–Trinajstić information content (AvgIpc) is 2.53. The lowest BCUT2D eigenvalue weighted by Gasteiger charge is -2.11. The Hall–Kier alpha value is -1.11. The summed E-state index contributed by atoms with van der Waals surface area (Å²) in [5.74, 6) is 0.746. The summed E-state index contributed by atoms with van der Waals surface area (Å²) in [6, 6.07) is 8.10. The molecule has 0 aromatic heterocycles. The van der Waals surface area contributed by atoms with E-state index in [1.165, 1.54) is 56.9 Å². The Kier molecular flexibility index (Phi) is 9.86. The number of hydrogen-bond donors (Lipinski definition) is 0. The van der Waals surface area contributed by atoms with E-state index in [2.05, 4.69) is 26.8 Å². The largest absolute Gasteiger partial charge is 0.294 e. The summed E-state index contributed by atoms with van der Waals surface area (Å²) >= 11 is 0. The van der Waals surface area contributed by atoms with E-state index in [1.807, 2.05) is 18.2 Å². The van der Waals surface area contributed by atoms with Gasteiger partial charge in [0.05, 0.1) is 0 Å². The van der Waals surface area contributed by atoms with E-state index in [0.717, 1.165) is 12.0 Å². The highest BCUT2D eigenvalue weighted by Crippen LogP contribution is 2.21. The van der Waals surface area contributed by atoms with Gasteiger partial charge in [0.15, 0.2) is 5.78 Å². The first-order chi connectivity index (χ1) is 10.7. The molecule has 0 bridgehead atoms. The van der Waals surface area contributed by atoms with Gasteiger partial charge in [0, 0.05) is 12.0 Å². The zero-order valence-electron chi connectivity index (χ0n) is 14.9. The van der Waals surface area contributed by atoms with Crippen LogP contribution in [0, 0.1) is 0 Å². The molecule has 1 aromatic carbocycles. The molecular formula is C21H34O. The van der Waals surface area contributed by atoms with Crippen molar-refractivity contribution in [2.75, 3.05) is 0 Å². The normalized spacial score (nSPS) is 11.1. The highest BCUT2D eigenvalue weighted by atomic mass is 16.1. The molecule has 0 heterocycles. The molecule has 1 nitrogen and oxygen atoms in total. The summed E-state index contributed by atoms with van der Waals surface area (Å²) in [7, 11) is 0. The lowest BCUT2D eigenvalue weighted by molar-refractivity contribution is 0.0978. The molecule has 0 aliphatic heterocycles. The minimum Gasteiger partial charge on any atom is -0.294 e. The monoisotopic (exact) mass is 302 g/mol. The van der Waals surface area contributed by atoms with E-state index in [-0.39, 0.29) is 0 Å². The lowest BCUT2D eigenvalue weighted by Crippen LogP contribution is -2.04. The molecular weight excluding hydrogens is 268 g/mol. The third kappa shape index (κ3) is 7.24. The standard InChI is InChI=1S/C21H34O/c1-4-5-6-7-8-9-10-11-12-17-21(22)20-16-14-13-15-19(20)18(2)3/h13-16,18H,4-12,17H2,1-3H3. The van der Waals surface area contributed by atoms with E-state index < -0.39 is 0 Å². The fraction of sp³-hybridized carbons (Fsp3) is 0.667. The molecule has 0 aliphatic rings. The Morgan fingerprint density at radius 2 is 1.41 bits per heavy atom. The van der Waals surface area contributed by atoms with Crippen molar-refractivity contribution >= 4 is 5.78 Å². The maximum absolute atomic E-state index is 12.4. The van der Waals surface area contributed by atoms with Gasteiger partial charge >= 0.3 is 0 Å². The van der Waals surface area contributed by atoms with Crippen LogP contribution in [-0.2, 0) is 0 Å². The molecule has 124 valence electrons. The van der Waals surface area contributed by atoms with Crippen LogP contribution in [0.4, 0.5) is 0 Å². The van der Waals surface area contributed by atoms with E-state index >= 15 is 0 Å². The first-order valence-corrected chi connectivity index (χ1v) is 9.29. The van der Waals surface area contributed by atoms with Gasteiger partial charge < -0.3 is 0 Å². The van der Waals surface area contributed by atoms with Crippen molar-refractivity contribution in [3.8, 4) is 0 Å². The minimum absolute atomic E-state index is 0.326. The molecule has 0 spiro atoms. The predicted molar refractivity (Wildman–Crippen MR) is 96.7 cm³/mol. The highest BCUT2D eigenvalue weighted by Gasteiger charge is 2.12. The first kappa shape index (κ1) is 18.9. The molecule has 0 unspecified atom stereocenters. The molecule has 0 saturated heterocycles. The van der Waals surface area contributed by atoms with Crippen molar-refractivity contribution < 1.29 is 4.79 Å². The lowest BCUT2D eigenvalue weighted by atomic mass is 9.93. The van der Waals surface area contributed by atoms with Crippen LogP contribution in [0.25, 0.3) is 0 Å². The molecule has 0 N–H and O–H groups in total. The number of ketones is 1. The number of benzene rings is 1. The minimum atomic E-state index is 0.326. The second-order valence-corrected chi connectivity index (χ2v) is 6.74. The average molecular weight is 303 g/mol. The van der Waals surface area contributed by atoms with Crippen LogP contribution in [0.1, 0.15) is 107 Å². The van der Waals surface area contributed by atoms with Crippen molar-refractivity contribution in [2.45, 2.75) is 90.9 Å². The molecule has 22 heavy (non-hydrogen) atoms. The van der Waals surface area contributed by atoms with Crippen LogP contribution in [0.5, 0.6) is 0 Å². The van der Waals surface area contributed by atoms with Gasteiger partial charge in [0.25, 0.3) is 0 Å². The van der Waals surface area contributed by atoms with Gasteiger partial charge in [0.1, 0.15) is 0 Å². The van der Waals surface area contributed by atoms with E-state index in [1.54, 1.807) is 0 Å². The Bertz CT molecular complexity index is 420. The van der Waals surface area contributed by atoms with Crippen molar-refractivity contribution in [1.82, 2.24) is 0 Å². The molecule has 0 fully saturated rings. The smallest absolute Gasteiger partial charge is 0.163 e. The Morgan fingerprint density at radius 1 is 0.864 bits per heavy atom. The van der Waals surface area contributed by atoms with Crippen LogP contribution >= 0.6 is 0 Å². The van der Waals surface area contributed by atoms with Crippen molar-refractivity contribution in [2.24, 2.45) is 0 Å². The predicted octanol–water partition coefficient (Wildman–Crippen LogP) is 6.91. The van der Waals surface area contributed by atoms with Crippen LogP contribution in [-0.4, -0.2) is 5.78 Å². The highest BCUT2D eigenvalue weighted by molar-refractivity contribution is 5.97. The van der Waals surface area contributed by atoms with Crippen LogP contribution in [0.2, 0.25) is 0 Å². The first-order valence-electron chi connectivity index (χ1n) is 9.29. The fourth-order valence-electron chi connectivity index (χ4n) is 2.99. The van der Waals surface area contributed by atoms with Gasteiger partial charge in [-0.15, -0.1) is 0 Å². The molecule has 0 radical (unpaired) electrons. The Labute approximate surface area is 137 Å². The zero-order chi connectivity index (χ0) is 16.2. The topological polar surface area (TPSA) is 17.1 Å². The Balaban J connectivity index is 2.19. The molecule has 0 amide bonds. The van der Waals surface area contributed by atoms with Gasteiger partial charge in [-0.1, -0.05) is 96.4 Å². The quantitative estimate of drug-likeness (QED) is 0.303. The SMILES string of the molecule is CCCCCCCCCCCC(=O)c1ccccc1C(C)C. The second kappa shape index (κ2) is 11.5. The van der Waals surface area contributed by atoms with Gasteiger partial charge in [0.2, 0.25) is 0 Å². The molecule has 0 saturated carbocycles. The fourth-order valence-corrected chi connectivity index (χ4v) is 2.99. The maximum atomic E-state index is 12.4. The maximum Gasteiger partial charge on any atom is 0.163 e. The summed E-state index contributed by atoms with van der Waals surface area (Å²) in [5, 5.41) is 0. The third-order valence-electron chi connectivity index (χ3n) is 4.39. The zero-order valence-corrected chi connectivity index (χ0v) is 14.9. The number of rotatable bonds is 12. The summed E-state index contributed by atoms with van der Waals surface area (Å²) in [5.41, 5.74) is 2.14. The number of carbonyl (C=O) groups excluding carboxylic acids is 1. The molecule has 1 aromatic rings. The van der Waals surface area contributed by atoms with Gasteiger partial charge in [-0.3, -0.25) is 4.79 Å². The van der Waals surface area contributed by atoms with Crippen molar-refractivity contribution in [3.05, 3.63) is 35.4 Å². The van der Waals surface area contributed by atoms with Crippen LogP contribution < -0.4 is 0 Å². The van der Waals surface area contributed by atoms with Crippen LogP contribution in [0.15, 0.2) is 24.3 Å². The number of unbranched alkanes of at least 4 members (excludes halogenated alkanes) is 8. The van der Waals surface area contributed by atoms with Crippen molar-refractivity contribution in [1.29, 1.82) is 0 Å². The third-order valence-corrected chi connectivity index (χ3v) is 4.39. The summed E-state index contributed by atoms with van der Waals surface area (Å²) in [6.07, 6.45) is 12.4. The van der Waals surface area contributed by atoms with Crippen LogP contribution in [0.3, 0.4) is 0 Å².